The van der Waals surface area contributed by atoms with Gasteiger partial charge in [0.15, 0.2) is 5.82 Å². The van der Waals surface area contributed by atoms with E-state index in [2.05, 4.69) is 36.2 Å². The number of hydrogen-bond donors (Lipinski definition) is 4. The predicted molar refractivity (Wildman–Crippen MR) is 155 cm³/mol. The maximum Gasteiger partial charge on any atom is 0.319 e. The van der Waals surface area contributed by atoms with Crippen molar-refractivity contribution in [2.24, 2.45) is 0 Å². The fraction of sp³-hybridized carbons (Fsp3) is 0.207. The molecule has 3 amide bonds. The summed E-state index contributed by atoms with van der Waals surface area (Å²) < 4.78 is 0. The summed E-state index contributed by atoms with van der Waals surface area (Å²) in [5, 5.41) is 12.9. The number of nitrogens with one attached hydrogen (secondary N) is 4. The average Bonchev–Trinajstić information content (AvgIpc) is 3.43. The van der Waals surface area contributed by atoms with Crippen LogP contribution in [-0.2, 0) is 12.8 Å². The van der Waals surface area contributed by atoms with E-state index in [-0.39, 0.29) is 18.0 Å². The molecule has 1 saturated heterocycles. The fourth-order valence-electron chi connectivity index (χ4n) is 4.92. The largest absolute Gasteiger partial charge is 0.339 e. The Morgan fingerprint density at radius 3 is 2.73 bits per heavy atom. The number of aromatic nitrogens is 3. The van der Waals surface area contributed by atoms with Crippen LogP contribution in [0.2, 0.25) is 5.02 Å². The van der Waals surface area contributed by atoms with E-state index < -0.39 is 0 Å². The maximum atomic E-state index is 13.0. The molecule has 10 nitrogen and oxygen atoms in total. The molecule has 1 atom stereocenters. The van der Waals surface area contributed by atoms with E-state index in [0.29, 0.717) is 60.4 Å². The fourth-order valence-corrected chi connectivity index (χ4v) is 5.06. The van der Waals surface area contributed by atoms with Crippen molar-refractivity contribution in [2.75, 3.05) is 29.0 Å². The van der Waals surface area contributed by atoms with Gasteiger partial charge in [-0.1, -0.05) is 29.8 Å². The molecule has 0 aliphatic carbocycles. The third-order valence-corrected chi connectivity index (χ3v) is 7.20. The van der Waals surface area contributed by atoms with Crippen LogP contribution in [-0.4, -0.2) is 50.9 Å². The first-order valence-electron chi connectivity index (χ1n) is 13.1. The molecule has 2 aromatic carbocycles. The zero-order valence-electron chi connectivity index (χ0n) is 21.5. The number of hydrogen-bond acceptors (Lipinski definition) is 7. The Morgan fingerprint density at radius 1 is 0.975 bits per heavy atom. The Morgan fingerprint density at radius 2 is 1.85 bits per heavy atom. The summed E-state index contributed by atoms with van der Waals surface area (Å²) >= 11 is 6.36. The van der Waals surface area contributed by atoms with Crippen LogP contribution in [0.1, 0.15) is 27.9 Å². The van der Waals surface area contributed by atoms with Crippen LogP contribution in [0.3, 0.4) is 0 Å². The number of likely N-dealkylation sites (tertiary alicyclic amines) is 1. The number of urea groups is 1. The molecule has 4 aromatic rings. The van der Waals surface area contributed by atoms with Crippen molar-refractivity contribution >= 4 is 52.4 Å². The van der Waals surface area contributed by atoms with Crippen molar-refractivity contribution in [1.82, 2.24) is 25.2 Å². The molecule has 11 heteroatoms. The van der Waals surface area contributed by atoms with Crippen LogP contribution >= 0.6 is 11.6 Å². The minimum absolute atomic E-state index is 0.0238. The molecule has 0 unspecified atom stereocenters. The van der Waals surface area contributed by atoms with E-state index in [1.165, 1.54) is 6.20 Å². The van der Waals surface area contributed by atoms with Gasteiger partial charge in [-0.15, -0.1) is 0 Å². The van der Waals surface area contributed by atoms with E-state index in [4.69, 9.17) is 11.6 Å². The topological polar surface area (TPSA) is 124 Å². The summed E-state index contributed by atoms with van der Waals surface area (Å²) in [6.07, 6.45) is 7.14. The number of amides is 3. The van der Waals surface area contributed by atoms with E-state index in [1.54, 1.807) is 23.2 Å². The Hall–Kier alpha value is -4.70. The van der Waals surface area contributed by atoms with Crippen molar-refractivity contribution in [2.45, 2.75) is 25.3 Å². The van der Waals surface area contributed by atoms with Gasteiger partial charge < -0.3 is 26.2 Å². The van der Waals surface area contributed by atoms with Gasteiger partial charge in [0.2, 0.25) is 5.95 Å². The number of nitrogens with zero attached hydrogens (tertiary/aromatic N) is 4. The smallest absolute Gasteiger partial charge is 0.319 e. The monoisotopic (exact) mass is 554 g/mol. The lowest BCUT2D eigenvalue weighted by Gasteiger charge is -2.18. The lowest BCUT2D eigenvalue weighted by Crippen LogP contribution is -2.40. The highest BCUT2D eigenvalue weighted by molar-refractivity contribution is 6.32. The van der Waals surface area contributed by atoms with Crippen molar-refractivity contribution in [1.29, 1.82) is 0 Å². The number of carbonyl (C=O) groups is 2. The van der Waals surface area contributed by atoms with Crippen LogP contribution in [0.4, 0.5) is 33.6 Å². The van der Waals surface area contributed by atoms with Crippen LogP contribution < -0.4 is 21.3 Å². The molecule has 2 aromatic heterocycles. The number of fused-ring (bicyclic) bond motifs is 6. The first kappa shape index (κ1) is 25.6. The minimum atomic E-state index is -0.310. The first-order chi connectivity index (χ1) is 19.5. The number of anilines is 5. The van der Waals surface area contributed by atoms with Gasteiger partial charge in [0.05, 0.1) is 18.1 Å². The van der Waals surface area contributed by atoms with Gasteiger partial charge >= 0.3 is 6.03 Å². The van der Waals surface area contributed by atoms with Gasteiger partial charge in [0.1, 0.15) is 5.02 Å². The highest BCUT2D eigenvalue weighted by Gasteiger charge is 2.28. The molecule has 6 bridgehead atoms. The summed E-state index contributed by atoms with van der Waals surface area (Å²) in [6, 6.07) is 16.5. The minimum Gasteiger partial charge on any atom is -0.339 e. The van der Waals surface area contributed by atoms with Crippen LogP contribution in [0, 0.1) is 0 Å². The number of benzene rings is 2. The molecule has 0 saturated carbocycles. The molecule has 0 radical (unpaired) electrons. The quantitative estimate of drug-likeness (QED) is 0.276. The van der Waals surface area contributed by atoms with Gasteiger partial charge in [-0.3, -0.25) is 9.78 Å². The third kappa shape index (κ3) is 5.81. The van der Waals surface area contributed by atoms with Gasteiger partial charge in [0, 0.05) is 42.3 Å². The lowest BCUT2D eigenvalue weighted by atomic mass is 10.0. The Labute approximate surface area is 236 Å². The molecule has 202 valence electrons. The van der Waals surface area contributed by atoms with Crippen LogP contribution in [0.5, 0.6) is 0 Å². The third-order valence-electron chi connectivity index (χ3n) is 6.93. The molecule has 6 rings (SSSR count). The first-order valence-corrected chi connectivity index (χ1v) is 13.4. The highest BCUT2D eigenvalue weighted by atomic mass is 35.5. The molecule has 4 heterocycles. The summed E-state index contributed by atoms with van der Waals surface area (Å²) in [7, 11) is 0. The summed E-state index contributed by atoms with van der Waals surface area (Å²) in [6.45, 7) is 1.06. The molecule has 0 spiro atoms. The van der Waals surface area contributed by atoms with Crippen molar-refractivity contribution in [3.63, 3.8) is 0 Å². The summed E-state index contributed by atoms with van der Waals surface area (Å²) in [5.41, 5.74) is 4.87. The Balaban J connectivity index is 1.18. The highest BCUT2D eigenvalue weighted by Crippen LogP contribution is 2.29. The zero-order valence-corrected chi connectivity index (χ0v) is 22.3. The second kappa shape index (κ2) is 11.2. The summed E-state index contributed by atoms with van der Waals surface area (Å²) in [5.74, 6) is 0.836. The molecule has 4 N–H and O–H groups in total. The molecule has 2 aliphatic rings. The molecule has 2 aliphatic heterocycles. The predicted octanol–water partition coefficient (Wildman–Crippen LogP) is 5.15. The van der Waals surface area contributed by atoms with Gasteiger partial charge in [-0.2, -0.15) is 4.98 Å². The van der Waals surface area contributed by atoms with E-state index in [0.717, 1.165) is 22.5 Å². The van der Waals surface area contributed by atoms with Crippen molar-refractivity contribution < 1.29 is 9.59 Å². The average molecular weight is 555 g/mol. The van der Waals surface area contributed by atoms with Gasteiger partial charge in [-0.25, -0.2) is 9.78 Å². The second-order valence-electron chi connectivity index (χ2n) is 9.80. The van der Waals surface area contributed by atoms with E-state index in [9.17, 15) is 9.59 Å². The molecule has 40 heavy (non-hydrogen) atoms. The molecule has 1 fully saturated rings. The summed E-state index contributed by atoms with van der Waals surface area (Å²) in [4.78, 5) is 40.7. The standard InChI is InChI=1S/C29H27ClN8O2/c30-24-16-32-28-34-23-12-18(14-31-15-23)6-7-20-13-21(33-26(24)37-28)8-9-25(20)36-29(40)35-22-10-11-38(17-22)27(39)19-4-2-1-3-5-19/h1-5,8-9,12-16,22H,6-7,10-11,17H2,(H2,35,36,40)(H2,32,33,34,37)/t22-/m0/s1. The van der Waals surface area contributed by atoms with Crippen molar-refractivity contribution in [3.05, 3.63) is 94.9 Å². The lowest BCUT2D eigenvalue weighted by molar-refractivity contribution is 0.0789. The van der Waals surface area contributed by atoms with E-state index in [1.807, 2.05) is 48.7 Å². The van der Waals surface area contributed by atoms with Gasteiger partial charge in [0.25, 0.3) is 5.91 Å². The van der Waals surface area contributed by atoms with Crippen LogP contribution in [0.25, 0.3) is 0 Å². The number of carbonyl (C=O) groups excluding carboxylic acids is 2. The van der Waals surface area contributed by atoms with Crippen molar-refractivity contribution in [3.8, 4) is 0 Å². The number of halogens is 1. The second-order valence-corrected chi connectivity index (χ2v) is 10.2. The Bertz CT molecular complexity index is 1570. The normalized spacial score (nSPS) is 15.9. The zero-order chi connectivity index (χ0) is 27.5. The number of rotatable bonds is 3. The van der Waals surface area contributed by atoms with E-state index >= 15 is 0 Å². The maximum absolute atomic E-state index is 13.0. The van der Waals surface area contributed by atoms with Gasteiger partial charge in [-0.05, 0) is 66.8 Å². The Kier molecular flexibility index (Phi) is 7.15. The van der Waals surface area contributed by atoms with Crippen LogP contribution in [0.15, 0.2) is 73.2 Å². The number of aryl methyl sites for hydroxylation is 2. The SMILES string of the molecule is O=C(Nc1ccc2cc1CCc1cncc(c1)Nc1ncc(Cl)c(n1)N2)N[C@H]1CCN(C(=O)c2ccccc2)C1. The molecular weight excluding hydrogens is 528 g/mol. The molecular formula is C29H27ClN8O2. The number of pyridine rings is 1.